The van der Waals surface area contributed by atoms with Crippen LogP contribution in [0.25, 0.3) is 0 Å². The van der Waals surface area contributed by atoms with Crippen LogP contribution in [0.3, 0.4) is 0 Å². The van der Waals surface area contributed by atoms with Gasteiger partial charge in [0.05, 0.1) is 10.6 Å². The van der Waals surface area contributed by atoms with Crippen molar-refractivity contribution < 1.29 is 13.2 Å². The highest BCUT2D eigenvalue weighted by molar-refractivity contribution is 7.89. The topological polar surface area (TPSA) is 104 Å². The van der Waals surface area contributed by atoms with Crippen molar-refractivity contribution >= 4 is 15.9 Å². The zero-order valence-electron chi connectivity index (χ0n) is 15.1. The first kappa shape index (κ1) is 19.4. The van der Waals surface area contributed by atoms with Crippen LogP contribution in [0.5, 0.6) is 0 Å². The number of carbonyl (C=O) groups is 1. The first-order valence-corrected chi connectivity index (χ1v) is 10.3. The van der Waals surface area contributed by atoms with E-state index >= 15 is 0 Å². The Hall–Kier alpha value is -2.36. The number of sulfonamides is 1. The van der Waals surface area contributed by atoms with Crippen molar-refractivity contribution in [1.29, 1.82) is 0 Å². The van der Waals surface area contributed by atoms with E-state index in [9.17, 15) is 13.2 Å². The number of hydrogen-bond donors (Lipinski definition) is 2. The second-order valence-corrected chi connectivity index (χ2v) is 8.39. The van der Waals surface area contributed by atoms with Crippen molar-refractivity contribution in [3.63, 3.8) is 0 Å². The van der Waals surface area contributed by atoms with Crippen LogP contribution < -0.4 is 10.6 Å². The zero-order valence-corrected chi connectivity index (χ0v) is 15.9. The van der Waals surface area contributed by atoms with Gasteiger partial charge in [-0.25, -0.2) is 8.42 Å². The maximum Gasteiger partial charge on any atom is 0.251 e. The number of carbonyl (C=O) groups excluding carboxylic acids is 1. The molecule has 1 fully saturated rings. The first-order valence-electron chi connectivity index (χ1n) is 8.83. The average Bonchev–Trinajstić information content (AvgIpc) is 2.69. The Labute approximate surface area is 159 Å². The van der Waals surface area contributed by atoms with Gasteiger partial charge in [-0.15, -0.1) is 0 Å². The molecule has 0 aliphatic carbocycles. The highest BCUT2D eigenvalue weighted by atomic mass is 32.2. The molecule has 2 aromatic rings. The fraction of sp³-hybridized carbons (Fsp3) is 0.389. The average molecular weight is 389 g/mol. The molecule has 1 aromatic carbocycles. The molecule has 1 aliphatic heterocycles. The van der Waals surface area contributed by atoms with Crippen LogP contribution in [0, 0.1) is 0 Å². The maximum atomic E-state index is 12.9. The van der Waals surface area contributed by atoms with E-state index in [0.717, 1.165) is 5.69 Å². The van der Waals surface area contributed by atoms with Crippen molar-refractivity contribution in [3.8, 4) is 0 Å². The summed E-state index contributed by atoms with van der Waals surface area (Å²) in [7, 11) is -3.62. The monoisotopic (exact) mass is 389 g/mol. The van der Waals surface area contributed by atoms with Crippen LogP contribution >= 0.6 is 0 Å². The number of benzene rings is 1. The third-order valence-corrected chi connectivity index (χ3v) is 6.21. The Morgan fingerprint density at radius 3 is 2.96 bits per heavy atom. The van der Waals surface area contributed by atoms with Crippen molar-refractivity contribution in [2.24, 2.45) is 0 Å². The minimum absolute atomic E-state index is 0.0982. The summed E-state index contributed by atoms with van der Waals surface area (Å²) in [5.41, 5.74) is 1.10. The lowest BCUT2D eigenvalue weighted by atomic mass is 10.2. The molecular formula is C18H23N5O3S. The SMILES string of the molecule is CC1CN(S(=O)(=O)c2cccc(C(=O)NCCc3cnccn3)c2)CCN1. The molecule has 0 radical (unpaired) electrons. The van der Waals surface area contributed by atoms with Crippen molar-refractivity contribution in [2.45, 2.75) is 24.3 Å². The minimum atomic E-state index is -3.62. The maximum absolute atomic E-state index is 12.9. The van der Waals surface area contributed by atoms with Gasteiger partial charge in [-0.2, -0.15) is 4.31 Å². The highest BCUT2D eigenvalue weighted by Gasteiger charge is 2.28. The van der Waals surface area contributed by atoms with Crippen molar-refractivity contribution in [3.05, 3.63) is 54.1 Å². The molecule has 3 rings (SSSR count). The number of aromatic nitrogens is 2. The zero-order chi connectivity index (χ0) is 19.3. The number of nitrogens with one attached hydrogen (secondary N) is 2. The van der Waals surface area contributed by atoms with Gasteiger partial charge in [0.2, 0.25) is 10.0 Å². The summed E-state index contributed by atoms with van der Waals surface area (Å²) in [6, 6.07) is 6.26. The van der Waals surface area contributed by atoms with Crippen molar-refractivity contribution in [1.82, 2.24) is 24.9 Å². The lowest BCUT2D eigenvalue weighted by Crippen LogP contribution is -2.51. The van der Waals surface area contributed by atoms with Crippen LogP contribution in [0.15, 0.2) is 47.8 Å². The van der Waals surface area contributed by atoms with Crippen LogP contribution in [-0.4, -0.2) is 60.8 Å². The molecule has 1 aromatic heterocycles. The molecule has 1 atom stereocenters. The summed E-state index contributed by atoms with van der Waals surface area (Å²) in [6.07, 6.45) is 5.39. The quantitative estimate of drug-likeness (QED) is 0.743. The van der Waals surface area contributed by atoms with E-state index in [1.54, 1.807) is 30.7 Å². The van der Waals surface area contributed by atoms with Crippen LogP contribution in [0.4, 0.5) is 0 Å². The second-order valence-electron chi connectivity index (χ2n) is 6.45. The van der Waals surface area contributed by atoms with Crippen molar-refractivity contribution in [2.75, 3.05) is 26.2 Å². The molecular weight excluding hydrogens is 366 g/mol. The summed E-state index contributed by atoms with van der Waals surface area (Å²) in [5, 5.41) is 6.01. The Morgan fingerprint density at radius 1 is 1.37 bits per heavy atom. The van der Waals surface area contributed by atoms with E-state index < -0.39 is 10.0 Å². The van der Waals surface area contributed by atoms with Gasteiger partial charge < -0.3 is 10.6 Å². The molecule has 144 valence electrons. The number of rotatable bonds is 6. The first-order chi connectivity index (χ1) is 13.0. The molecule has 2 heterocycles. The van der Waals surface area contributed by atoms with Gasteiger partial charge >= 0.3 is 0 Å². The third-order valence-electron chi connectivity index (χ3n) is 4.35. The van der Waals surface area contributed by atoms with Gasteiger partial charge in [0.15, 0.2) is 0 Å². The molecule has 1 unspecified atom stereocenters. The lowest BCUT2D eigenvalue weighted by Gasteiger charge is -2.31. The van der Waals surface area contributed by atoms with Gasteiger partial charge in [-0.3, -0.25) is 14.8 Å². The predicted molar refractivity (Wildman–Crippen MR) is 101 cm³/mol. The molecule has 2 N–H and O–H groups in total. The predicted octanol–water partition coefficient (Wildman–Crippen LogP) is 0.432. The van der Waals surface area contributed by atoms with Gasteiger partial charge in [-0.05, 0) is 25.1 Å². The molecule has 0 spiro atoms. The molecule has 1 saturated heterocycles. The Kier molecular flexibility index (Phi) is 6.15. The molecule has 0 saturated carbocycles. The number of hydrogen-bond acceptors (Lipinski definition) is 6. The van der Waals surface area contributed by atoms with E-state index in [-0.39, 0.29) is 16.8 Å². The summed E-state index contributed by atoms with van der Waals surface area (Å²) >= 11 is 0. The van der Waals surface area contributed by atoms with Gasteiger partial charge in [0.1, 0.15) is 0 Å². The van der Waals surface area contributed by atoms with Gasteiger partial charge in [0.25, 0.3) is 5.91 Å². The molecule has 1 amide bonds. The summed E-state index contributed by atoms with van der Waals surface area (Å²) < 4.78 is 27.2. The second kappa shape index (κ2) is 8.55. The standard InChI is InChI=1S/C18H23N5O3S/c1-14-13-23(10-9-20-14)27(25,26)17-4-2-3-15(11-17)18(24)22-6-5-16-12-19-7-8-21-16/h2-4,7-8,11-12,14,20H,5-6,9-10,13H2,1H3,(H,22,24). The minimum Gasteiger partial charge on any atom is -0.352 e. The summed E-state index contributed by atoms with van der Waals surface area (Å²) in [5.74, 6) is -0.315. The van der Waals surface area contributed by atoms with E-state index in [1.807, 2.05) is 6.92 Å². The van der Waals surface area contributed by atoms with E-state index in [4.69, 9.17) is 0 Å². The van der Waals surface area contributed by atoms with Crippen LogP contribution in [-0.2, 0) is 16.4 Å². The molecule has 9 heteroatoms. The molecule has 0 bridgehead atoms. The molecule has 27 heavy (non-hydrogen) atoms. The highest BCUT2D eigenvalue weighted by Crippen LogP contribution is 2.18. The van der Waals surface area contributed by atoms with E-state index in [0.29, 0.717) is 38.2 Å². The fourth-order valence-corrected chi connectivity index (χ4v) is 4.50. The number of piperazine rings is 1. The normalized spacial score (nSPS) is 18.2. The molecule has 8 nitrogen and oxygen atoms in total. The lowest BCUT2D eigenvalue weighted by molar-refractivity contribution is 0.0954. The third kappa shape index (κ3) is 4.88. The smallest absolute Gasteiger partial charge is 0.251 e. The molecule has 1 aliphatic rings. The Bertz CT molecular complexity index is 889. The van der Waals surface area contributed by atoms with Gasteiger partial charge in [-0.1, -0.05) is 6.07 Å². The van der Waals surface area contributed by atoms with E-state index in [2.05, 4.69) is 20.6 Å². The van der Waals surface area contributed by atoms with Crippen LogP contribution in [0.1, 0.15) is 23.0 Å². The largest absolute Gasteiger partial charge is 0.352 e. The fourth-order valence-electron chi connectivity index (χ4n) is 2.93. The van der Waals surface area contributed by atoms with Crippen LogP contribution in [0.2, 0.25) is 0 Å². The Morgan fingerprint density at radius 2 is 2.22 bits per heavy atom. The Balaban J connectivity index is 1.66. The summed E-state index contributed by atoms with van der Waals surface area (Å²) in [4.78, 5) is 20.6. The number of amides is 1. The van der Waals surface area contributed by atoms with E-state index in [1.165, 1.54) is 16.4 Å². The van der Waals surface area contributed by atoms with Gasteiger partial charge in [0, 0.05) is 62.8 Å². The summed E-state index contributed by atoms with van der Waals surface area (Å²) in [6.45, 7) is 3.79. The number of nitrogens with zero attached hydrogens (tertiary/aromatic N) is 3.